The number of amides is 3. The zero-order chi connectivity index (χ0) is 58.3. The van der Waals surface area contributed by atoms with Crippen molar-refractivity contribution in [2.24, 2.45) is 0 Å². The van der Waals surface area contributed by atoms with Gasteiger partial charge in [-0.05, 0) is 156 Å². The number of likely N-dealkylation sites (tertiary alicyclic amines) is 3. The van der Waals surface area contributed by atoms with Crippen LogP contribution in [0.15, 0.2) is 54.6 Å². The molecule has 4 aliphatic rings. The number of methoxy groups -OCH3 is 1. The monoisotopic (exact) mass is 1140 g/mol. The molecule has 4 aliphatic heterocycles. The fraction of sp³-hybridized carbons (Fsp3) is 0.593. The maximum Gasteiger partial charge on any atom is 0.411 e. The van der Waals surface area contributed by atoms with Crippen molar-refractivity contribution in [3.63, 3.8) is 0 Å². The molecule has 4 saturated heterocycles. The van der Waals surface area contributed by atoms with E-state index >= 15 is 0 Å². The minimum atomic E-state index is -3.42. The summed E-state index contributed by atoms with van der Waals surface area (Å²) in [5.41, 5.74) is -0.182. The Morgan fingerprint density at radius 3 is 1.39 bits per heavy atom. The molecule has 0 spiro atoms. The lowest BCUT2D eigenvalue weighted by atomic mass is 10.1. The standard InChI is InChI=1S/C18H22ClNO3.C13H24NO6P.C11H19NO4.C7H5ClO.C5H9NO2/c1-18(2,3)23-17(22)20-12-4-5-15(20)16(21)11-8-13-6-9-14(19)10-7-13;1-13(2,3)20-12(16)14-8-6-7-10(14)11(15)9-21(17,18-4)19-5;1-11(2,3)16-10(14)12-7-5-6-8(12)9(13)15-4;8-7-3-1-6(5-9)2-4-7;7-5(8)4-2-1-3-6-4/h6-11,15H,4-5,12H2,1-3H3;10H,6-9H2,1-5H3;8H,5-7H2,1-4H3;1-5H;4,6H,1-3H2,(H,7,8)/b11-8+;;;;/t15-;10-;8-;;4-/m111.1/s1. The number of carbonyl (C=O) groups excluding carboxylic acids is 7. The lowest BCUT2D eigenvalue weighted by molar-refractivity contribution is -0.145. The number of benzene rings is 2. The molecule has 0 bridgehead atoms. The Labute approximate surface area is 463 Å². The van der Waals surface area contributed by atoms with Crippen molar-refractivity contribution >= 4 is 84.9 Å². The van der Waals surface area contributed by atoms with E-state index in [0.717, 1.165) is 44.1 Å². The van der Waals surface area contributed by atoms with E-state index in [4.69, 9.17) is 51.6 Å². The molecule has 4 heterocycles. The van der Waals surface area contributed by atoms with Crippen molar-refractivity contribution in [3.8, 4) is 0 Å². The third-order valence-corrected chi connectivity index (χ3v) is 13.7. The SMILES string of the molecule is CC(C)(C)OC(=O)N1CCC[C@@H]1C(=O)/C=C/c1ccc(Cl)cc1.COC(=O)[C@H]1CCCN1C(=O)OC(C)(C)C.COP(=O)(CC(=O)[C@H]1CCCN1C(=O)OC(C)(C)C)OC.O=C(O)[C@H]1CCCN1.O=Cc1ccc(Cl)cc1. The summed E-state index contributed by atoms with van der Waals surface area (Å²) in [6.07, 6.45) is 8.27. The second kappa shape index (κ2) is 31.9. The zero-order valence-corrected chi connectivity index (χ0v) is 48.9. The summed E-state index contributed by atoms with van der Waals surface area (Å²) in [5.74, 6) is -1.50. The number of hydrogen-bond donors (Lipinski definition) is 2. The van der Waals surface area contributed by atoms with Gasteiger partial charge in [-0.15, -0.1) is 0 Å². The first-order chi connectivity index (χ1) is 35.9. The molecular weight excluding hydrogens is 1060 g/mol. The molecule has 0 radical (unpaired) electrons. The number of halogens is 2. The number of carboxylic acids is 1. The molecule has 0 unspecified atom stereocenters. The number of hydrogen-bond acceptors (Lipinski definition) is 16. The van der Waals surface area contributed by atoms with E-state index in [0.29, 0.717) is 60.9 Å². The summed E-state index contributed by atoms with van der Waals surface area (Å²) in [4.78, 5) is 96.8. The smallest absolute Gasteiger partial charge is 0.411 e. The molecule has 430 valence electrons. The van der Waals surface area contributed by atoms with Gasteiger partial charge >= 0.3 is 37.8 Å². The van der Waals surface area contributed by atoms with Crippen LogP contribution in [-0.4, -0.2) is 163 Å². The predicted molar refractivity (Wildman–Crippen MR) is 292 cm³/mol. The summed E-state index contributed by atoms with van der Waals surface area (Å²) in [6, 6.07) is 12.1. The topological polar surface area (TPSA) is 251 Å². The van der Waals surface area contributed by atoms with E-state index in [2.05, 4.69) is 10.1 Å². The number of rotatable bonds is 11. The Hall–Kier alpha value is -5.37. The number of aldehydes is 1. The van der Waals surface area contributed by atoms with Crippen molar-refractivity contribution in [2.75, 3.05) is 53.7 Å². The van der Waals surface area contributed by atoms with E-state index in [1.807, 2.05) is 32.9 Å². The van der Waals surface area contributed by atoms with Crippen molar-refractivity contribution in [1.82, 2.24) is 20.0 Å². The molecule has 2 aromatic rings. The fourth-order valence-electron chi connectivity index (χ4n) is 7.73. The van der Waals surface area contributed by atoms with Crippen molar-refractivity contribution in [3.05, 3.63) is 75.8 Å². The van der Waals surface area contributed by atoms with Crippen molar-refractivity contribution in [1.29, 1.82) is 0 Å². The van der Waals surface area contributed by atoms with Gasteiger partial charge in [0.25, 0.3) is 0 Å². The van der Waals surface area contributed by atoms with Crippen LogP contribution in [-0.2, 0) is 51.7 Å². The highest BCUT2D eigenvalue weighted by Crippen LogP contribution is 2.47. The van der Waals surface area contributed by atoms with Crippen LogP contribution in [0.25, 0.3) is 6.08 Å². The van der Waals surface area contributed by atoms with Crippen molar-refractivity contribution < 1.29 is 76.0 Å². The van der Waals surface area contributed by atoms with Gasteiger partial charge in [-0.3, -0.25) is 38.4 Å². The molecule has 20 nitrogen and oxygen atoms in total. The number of nitrogens with zero attached hydrogens (tertiary/aromatic N) is 3. The van der Waals surface area contributed by atoms with Crippen molar-refractivity contribution in [2.45, 2.75) is 155 Å². The maximum atomic E-state index is 12.4. The Kier molecular flexibility index (Phi) is 28.1. The number of ether oxygens (including phenoxy) is 4. The first kappa shape index (κ1) is 67.7. The highest BCUT2D eigenvalue weighted by Gasteiger charge is 2.40. The van der Waals surface area contributed by atoms with E-state index in [1.54, 1.807) is 84.0 Å². The third kappa shape index (κ3) is 25.3. The highest BCUT2D eigenvalue weighted by molar-refractivity contribution is 7.54. The Morgan fingerprint density at radius 1 is 0.623 bits per heavy atom. The third-order valence-electron chi connectivity index (χ3n) is 11.4. The number of Topliss-reactive ketones (excluding diaryl/α,β-unsaturated/α-hetero) is 1. The number of aliphatic carboxylic acids is 1. The molecule has 2 N–H and O–H groups in total. The normalized spacial score (nSPS) is 19.2. The number of carbonyl (C=O) groups is 8. The van der Waals surface area contributed by atoms with Crippen LogP contribution in [0.1, 0.15) is 130 Å². The molecule has 3 amide bonds. The molecule has 23 heteroatoms. The van der Waals surface area contributed by atoms with Gasteiger partial charge in [-0.2, -0.15) is 0 Å². The summed E-state index contributed by atoms with van der Waals surface area (Å²) >= 11 is 11.4. The maximum absolute atomic E-state index is 12.4. The number of esters is 1. The second-order valence-corrected chi connectivity index (χ2v) is 24.2. The van der Waals surface area contributed by atoms with Crippen LogP contribution in [0.2, 0.25) is 10.0 Å². The first-order valence-electron chi connectivity index (χ1n) is 25.3. The van der Waals surface area contributed by atoms with E-state index < -0.39 is 66.8 Å². The second-order valence-electron chi connectivity index (χ2n) is 21.1. The van der Waals surface area contributed by atoms with Gasteiger partial charge in [0.1, 0.15) is 41.3 Å². The number of nitrogens with one attached hydrogen (secondary N) is 1. The minimum Gasteiger partial charge on any atom is -0.480 e. The van der Waals surface area contributed by atoms with Crippen LogP contribution in [0.3, 0.4) is 0 Å². The van der Waals surface area contributed by atoms with Gasteiger partial charge < -0.3 is 38.4 Å². The number of carboxylic acid groups (broad SMARTS) is 1. The molecule has 77 heavy (non-hydrogen) atoms. The molecule has 0 aromatic heterocycles. The Bertz CT molecular complexity index is 2340. The Balaban J connectivity index is 0.000000346. The zero-order valence-electron chi connectivity index (χ0n) is 46.5. The molecule has 6 rings (SSSR count). The van der Waals surface area contributed by atoms with E-state index in [9.17, 15) is 42.9 Å². The summed E-state index contributed by atoms with van der Waals surface area (Å²) in [6.45, 7) is 18.6. The fourth-order valence-corrected chi connectivity index (χ4v) is 8.98. The van der Waals surface area contributed by atoms with Crippen LogP contribution in [0.5, 0.6) is 0 Å². The summed E-state index contributed by atoms with van der Waals surface area (Å²) in [5, 5.41) is 12.5. The van der Waals surface area contributed by atoms with E-state index in [1.165, 1.54) is 42.1 Å². The van der Waals surface area contributed by atoms with Crippen LogP contribution in [0, 0.1) is 0 Å². The van der Waals surface area contributed by atoms with Gasteiger partial charge in [0.2, 0.25) is 0 Å². The summed E-state index contributed by atoms with van der Waals surface area (Å²) < 4.78 is 42.1. The largest absolute Gasteiger partial charge is 0.480 e. The molecule has 4 fully saturated rings. The highest BCUT2D eigenvalue weighted by atomic mass is 35.5. The Morgan fingerprint density at radius 2 is 1.03 bits per heavy atom. The summed E-state index contributed by atoms with van der Waals surface area (Å²) in [7, 11) is 0.379. The van der Waals surface area contributed by atoms with Crippen LogP contribution in [0.4, 0.5) is 14.4 Å². The van der Waals surface area contributed by atoms with Crippen LogP contribution < -0.4 is 5.32 Å². The first-order valence-corrected chi connectivity index (χ1v) is 27.8. The molecular formula is C54H79Cl2N4O16P. The van der Waals surface area contributed by atoms with Gasteiger partial charge in [-0.25, -0.2) is 19.2 Å². The van der Waals surface area contributed by atoms with Crippen LogP contribution >= 0.6 is 30.8 Å². The molecule has 4 atom stereocenters. The van der Waals surface area contributed by atoms with Gasteiger partial charge in [-0.1, -0.05) is 53.5 Å². The molecule has 0 saturated carbocycles. The average molecular weight is 1140 g/mol. The molecule has 0 aliphatic carbocycles. The molecule has 2 aromatic carbocycles. The van der Waals surface area contributed by atoms with Gasteiger partial charge in [0, 0.05) is 49.5 Å². The minimum absolute atomic E-state index is 0.0803. The number of ketones is 2. The van der Waals surface area contributed by atoms with E-state index in [-0.39, 0.29) is 29.7 Å². The van der Waals surface area contributed by atoms with Gasteiger partial charge in [0.05, 0.1) is 19.2 Å². The quantitative estimate of drug-likeness (QED) is 0.0698. The average Bonchev–Trinajstić information content (AvgIpc) is 4.21. The lowest BCUT2D eigenvalue weighted by Crippen LogP contribution is -2.44. The predicted octanol–water partition coefficient (Wildman–Crippen LogP) is 10.3. The lowest BCUT2D eigenvalue weighted by Gasteiger charge is -2.28. The van der Waals surface area contributed by atoms with Gasteiger partial charge in [0.15, 0.2) is 11.6 Å².